The quantitative estimate of drug-likeness (QED) is 0.732. The highest BCUT2D eigenvalue weighted by Gasteiger charge is 2.24. The smallest absolute Gasteiger partial charge is 0.255 e. The Morgan fingerprint density at radius 2 is 2.29 bits per heavy atom. The van der Waals surface area contributed by atoms with Crippen molar-refractivity contribution in [1.29, 1.82) is 0 Å². The highest BCUT2D eigenvalue weighted by molar-refractivity contribution is 14.1. The van der Waals surface area contributed by atoms with Crippen molar-refractivity contribution in [2.45, 2.75) is 20.0 Å². The predicted octanol–water partition coefficient (Wildman–Crippen LogP) is 2.46. The number of aryl methyl sites for hydroxylation is 1. The number of hydrogen-bond donors (Lipinski definition) is 0. The molecule has 0 aliphatic carbocycles. The first-order valence-corrected chi connectivity index (χ1v) is 6.83. The van der Waals surface area contributed by atoms with Crippen LogP contribution < -0.4 is 0 Å². The number of hydrogen-bond acceptors (Lipinski definition) is 2. The minimum Gasteiger partial charge on any atom is -0.375 e. The van der Waals surface area contributed by atoms with Crippen molar-refractivity contribution in [1.82, 2.24) is 4.90 Å². The number of morpholine rings is 1. The Morgan fingerprint density at radius 3 is 2.94 bits per heavy atom. The van der Waals surface area contributed by atoms with Crippen LogP contribution in [0.5, 0.6) is 0 Å². The molecular formula is C13H16INO2. The molecule has 1 fully saturated rings. The van der Waals surface area contributed by atoms with Crippen LogP contribution in [0.25, 0.3) is 0 Å². The third-order valence-electron chi connectivity index (χ3n) is 2.96. The second-order valence-corrected chi connectivity index (χ2v) is 5.53. The number of carbonyl (C=O) groups excluding carboxylic acids is 1. The third-order valence-corrected chi connectivity index (χ3v) is 3.86. The molecule has 1 amide bonds. The molecule has 92 valence electrons. The van der Waals surface area contributed by atoms with E-state index in [1.54, 1.807) is 0 Å². The van der Waals surface area contributed by atoms with Crippen LogP contribution in [0.3, 0.4) is 0 Å². The van der Waals surface area contributed by atoms with E-state index in [1.807, 2.05) is 36.9 Å². The van der Waals surface area contributed by atoms with Gasteiger partial charge in [0.1, 0.15) is 0 Å². The lowest BCUT2D eigenvalue weighted by molar-refractivity contribution is -0.0124. The molecule has 0 spiro atoms. The number of rotatable bonds is 1. The average Bonchev–Trinajstić information content (AvgIpc) is 2.28. The minimum atomic E-state index is 0.127. The number of ether oxygens (including phenoxy) is 1. The topological polar surface area (TPSA) is 29.5 Å². The summed E-state index contributed by atoms with van der Waals surface area (Å²) >= 11 is 2.22. The van der Waals surface area contributed by atoms with Gasteiger partial charge in [0.25, 0.3) is 5.91 Å². The van der Waals surface area contributed by atoms with Gasteiger partial charge < -0.3 is 9.64 Å². The van der Waals surface area contributed by atoms with E-state index in [4.69, 9.17) is 4.74 Å². The molecule has 1 aliphatic rings. The van der Waals surface area contributed by atoms with E-state index in [2.05, 4.69) is 22.6 Å². The van der Waals surface area contributed by atoms with Gasteiger partial charge in [-0.25, -0.2) is 0 Å². The molecule has 0 aromatic heterocycles. The van der Waals surface area contributed by atoms with E-state index >= 15 is 0 Å². The molecule has 1 atom stereocenters. The molecule has 3 nitrogen and oxygen atoms in total. The van der Waals surface area contributed by atoms with E-state index in [0.717, 1.165) is 14.7 Å². The van der Waals surface area contributed by atoms with Crippen LogP contribution in [-0.2, 0) is 4.74 Å². The van der Waals surface area contributed by atoms with E-state index < -0.39 is 0 Å². The molecule has 1 aromatic rings. The van der Waals surface area contributed by atoms with Crippen molar-refractivity contribution >= 4 is 28.5 Å². The van der Waals surface area contributed by atoms with Crippen LogP contribution in [0.15, 0.2) is 18.2 Å². The van der Waals surface area contributed by atoms with Crippen LogP contribution in [0.1, 0.15) is 22.8 Å². The molecule has 0 radical (unpaired) electrons. The average molecular weight is 345 g/mol. The predicted molar refractivity (Wildman–Crippen MR) is 75.2 cm³/mol. The monoisotopic (exact) mass is 345 g/mol. The van der Waals surface area contributed by atoms with Crippen molar-refractivity contribution in [2.24, 2.45) is 0 Å². The van der Waals surface area contributed by atoms with Gasteiger partial charge in [0.15, 0.2) is 0 Å². The summed E-state index contributed by atoms with van der Waals surface area (Å²) in [7, 11) is 0. The minimum absolute atomic E-state index is 0.127. The summed E-state index contributed by atoms with van der Waals surface area (Å²) in [4.78, 5) is 14.3. The fourth-order valence-electron chi connectivity index (χ4n) is 2.06. The van der Waals surface area contributed by atoms with E-state index in [9.17, 15) is 4.79 Å². The van der Waals surface area contributed by atoms with Gasteiger partial charge in [-0.2, -0.15) is 0 Å². The van der Waals surface area contributed by atoms with Gasteiger partial charge in [-0.05, 0) is 48.1 Å². The molecule has 1 saturated heterocycles. The van der Waals surface area contributed by atoms with E-state index in [0.29, 0.717) is 19.7 Å². The highest BCUT2D eigenvalue weighted by Crippen LogP contribution is 2.19. The lowest BCUT2D eigenvalue weighted by atomic mass is 10.1. The molecule has 1 heterocycles. The Hall–Kier alpha value is -0.620. The Kier molecular flexibility index (Phi) is 4.04. The summed E-state index contributed by atoms with van der Waals surface area (Å²) in [5.74, 6) is 0.127. The van der Waals surface area contributed by atoms with Crippen molar-refractivity contribution in [3.05, 3.63) is 32.9 Å². The highest BCUT2D eigenvalue weighted by atomic mass is 127. The number of carbonyl (C=O) groups is 1. The molecule has 17 heavy (non-hydrogen) atoms. The normalized spacial score (nSPS) is 20.4. The summed E-state index contributed by atoms with van der Waals surface area (Å²) in [6, 6.07) is 5.94. The van der Waals surface area contributed by atoms with Crippen LogP contribution in [0, 0.1) is 10.5 Å². The number of amides is 1. The molecule has 2 rings (SSSR count). The van der Waals surface area contributed by atoms with Crippen molar-refractivity contribution < 1.29 is 9.53 Å². The molecule has 1 aliphatic heterocycles. The Balaban J connectivity index is 2.24. The SMILES string of the molecule is Cc1cccc(I)c1C(=O)N1CCO[C@@H](C)C1. The fraction of sp³-hybridized carbons (Fsp3) is 0.462. The van der Waals surface area contributed by atoms with Gasteiger partial charge in [-0.15, -0.1) is 0 Å². The van der Waals surface area contributed by atoms with Crippen molar-refractivity contribution in [3.8, 4) is 0 Å². The Bertz CT molecular complexity index is 413. The summed E-state index contributed by atoms with van der Waals surface area (Å²) in [5.41, 5.74) is 1.88. The maximum Gasteiger partial charge on any atom is 0.255 e. The molecule has 4 heteroatoms. The first-order valence-electron chi connectivity index (χ1n) is 5.75. The lowest BCUT2D eigenvalue weighted by Gasteiger charge is -2.31. The summed E-state index contributed by atoms with van der Waals surface area (Å²) in [5, 5.41) is 0. The lowest BCUT2D eigenvalue weighted by Crippen LogP contribution is -2.44. The van der Waals surface area contributed by atoms with Gasteiger partial charge in [0.2, 0.25) is 0 Å². The zero-order chi connectivity index (χ0) is 12.4. The van der Waals surface area contributed by atoms with Crippen LogP contribution in [0.4, 0.5) is 0 Å². The molecule has 0 saturated carbocycles. The number of nitrogens with zero attached hydrogens (tertiary/aromatic N) is 1. The molecule has 1 aromatic carbocycles. The first kappa shape index (κ1) is 12.8. The van der Waals surface area contributed by atoms with Crippen LogP contribution in [0.2, 0.25) is 0 Å². The summed E-state index contributed by atoms with van der Waals surface area (Å²) < 4.78 is 6.48. The second-order valence-electron chi connectivity index (χ2n) is 4.36. The zero-order valence-corrected chi connectivity index (χ0v) is 12.2. The molecular weight excluding hydrogens is 329 g/mol. The van der Waals surface area contributed by atoms with Gasteiger partial charge in [0, 0.05) is 16.7 Å². The number of benzene rings is 1. The summed E-state index contributed by atoms with van der Waals surface area (Å²) in [6.45, 7) is 5.99. The molecule has 0 N–H and O–H groups in total. The van der Waals surface area contributed by atoms with Crippen molar-refractivity contribution in [2.75, 3.05) is 19.7 Å². The van der Waals surface area contributed by atoms with Crippen LogP contribution in [-0.4, -0.2) is 36.6 Å². The fourth-order valence-corrected chi connectivity index (χ4v) is 2.93. The maximum atomic E-state index is 12.5. The third kappa shape index (κ3) is 2.80. The van der Waals surface area contributed by atoms with Gasteiger partial charge >= 0.3 is 0 Å². The second kappa shape index (κ2) is 5.35. The van der Waals surface area contributed by atoms with Crippen LogP contribution >= 0.6 is 22.6 Å². The number of halogens is 1. The largest absolute Gasteiger partial charge is 0.375 e. The van der Waals surface area contributed by atoms with Crippen molar-refractivity contribution in [3.63, 3.8) is 0 Å². The van der Waals surface area contributed by atoms with Gasteiger partial charge in [0.05, 0.1) is 18.3 Å². The van der Waals surface area contributed by atoms with E-state index in [-0.39, 0.29) is 12.0 Å². The maximum absolute atomic E-state index is 12.5. The molecule has 0 unspecified atom stereocenters. The summed E-state index contributed by atoms with van der Waals surface area (Å²) in [6.07, 6.45) is 0.134. The van der Waals surface area contributed by atoms with E-state index in [1.165, 1.54) is 0 Å². The van der Waals surface area contributed by atoms with Gasteiger partial charge in [-0.1, -0.05) is 12.1 Å². The Labute approximate surface area is 115 Å². The first-order chi connectivity index (χ1) is 8.09. The zero-order valence-electron chi connectivity index (χ0n) is 10.1. The Morgan fingerprint density at radius 1 is 1.53 bits per heavy atom. The standard InChI is InChI=1S/C13H16INO2/c1-9-4-3-5-11(14)12(9)13(16)15-6-7-17-10(2)8-15/h3-5,10H,6-8H2,1-2H3/t10-/m0/s1. The van der Waals surface area contributed by atoms with Gasteiger partial charge in [-0.3, -0.25) is 4.79 Å². The molecule has 0 bridgehead atoms.